The van der Waals surface area contributed by atoms with Crippen LogP contribution < -0.4 is 51.4 Å². The van der Waals surface area contributed by atoms with Gasteiger partial charge in [-0.15, -0.1) is 0 Å². The Balaban J connectivity index is 0.000000605. The second kappa shape index (κ2) is 4.15. The van der Waals surface area contributed by atoms with Crippen molar-refractivity contribution in [2.24, 2.45) is 0 Å². The minimum Gasteiger partial charge on any atom is -0.325 e. The first-order chi connectivity index (χ1) is 4.88. The summed E-state index contributed by atoms with van der Waals surface area (Å²) in [6, 6.07) is 6.97. The van der Waals surface area contributed by atoms with Gasteiger partial charge in [-0.2, -0.15) is 12.3 Å². The minimum atomic E-state index is -0.0683. The van der Waals surface area contributed by atoms with E-state index in [9.17, 15) is 4.39 Å². The van der Waals surface area contributed by atoms with Crippen molar-refractivity contribution >= 4 is 0 Å². The fraction of sp³-hybridized carbons (Fsp3) is 0.222. The third-order valence-electron chi connectivity index (χ3n) is 1.78. The van der Waals surface area contributed by atoms with Crippen LogP contribution in [0.15, 0.2) is 24.3 Å². The summed E-state index contributed by atoms with van der Waals surface area (Å²) in [5.74, 6) is 0.336. The van der Waals surface area contributed by atoms with Gasteiger partial charge in [-0.3, -0.25) is 0 Å². The maximum Gasteiger partial charge on any atom is 1.00 e. The molecule has 1 aliphatic rings. The number of hydrogen-bond donors (Lipinski definition) is 0. The van der Waals surface area contributed by atoms with Crippen molar-refractivity contribution in [3.05, 3.63) is 42.1 Å². The van der Waals surface area contributed by atoms with Crippen LogP contribution in [0.4, 0.5) is 4.39 Å². The largest absolute Gasteiger partial charge is 1.00 e. The molecule has 0 bridgehead atoms. The van der Waals surface area contributed by atoms with Crippen LogP contribution in [-0.2, 0) is 0 Å². The van der Waals surface area contributed by atoms with Crippen molar-refractivity contribution < 1.29 is 55.8 Å². The average molecular weight is 174 g/mol. The Bertz CT molecular complexity index is 243. The Morgan fingerprint density at radius 1 is 1.36 bits per heavy atom. The van der Waals surface area contributed by atoms with E-state index >= 15 is 0 Å². The third-order valence-corrected chi connectivity index (χ3v) is 1.78. The molecule has 52 valence electrons. The Kier molecular flexibility index (Phi) is 3.72. The summed E-state index contributed by atoms with van der Waals surface area (Å²) in [4.78, 5) is 0. The van der Waals surface area contributed by atoms with Gasteiger partial charge in [0.15, 0.2) is 0 Å². The van der Waals surface area contributed by atoms with Gasteiger partial charge in [0, 0.05) is 0 Å². The summed E-state index contributed by atoms with van der Waals surface area (Å²) >= 11 is 0. The Hall–Kier alpha value is 0.786. The molecule has 0 amide bonds. The summed E-state index contributed by atoms with van der Waals surface area (Å²) < 4.78 is 12.9. The molecule has 0 unspecified atom stereocenters. The topological polar surface area (TPSA) is 0 Å². The molecule has 0 N–H and O–H groups in total. The smallest absolute Gasteiger partial charge is 0.325 e. The zero-order valence-corrected chi connectivity index (χ0v) is 9.67. The molecule has 0 heterocycles. The summed E-state index contributed by atoms with van der Waals surface area (Å²) in [5.41, 5.74) is 0.850. The zero-order chi connectivity index (χ0) is 6.97. The van der Waals surface area contributed by atoms with Gasteiger partial charge in [-0.25, -0.2) is 4.39 Å². The predicted molar refractivity (Wildman–Crippen MR) is 38.1 cm³/mol. The van der Waals surface area contributed by atoms with Crippen LogP contribution in [0.3, 0.4) is 0 Å². The second-order valence-corrected chi connectivity index (χ2v) is 2.60. The standard InChI is InChI=1S/C9H8F.K/c10-9-4-2-1-3-8(9)7-5-6-7;/h1-5,7H,6H2;/q-1;+1/t7-;/m1./s1. The molecule has 2 heteroatoms. The molecule has 1 aromatic carbocycles. The molecule has 0 aromatic heterocycles. The number of rotatable bonds is 1. The van der Waals surface area contributed by atoms with Crippen LogP contribution in [-0.4, -0.2) is 0 Å². The van der Waals surface area contributed by atoms with Crippen LogP contribution in [0.1, 0.15) is 17.9 Å². The van der Waals surface area contributed by atoms with Gasteiger partial charge >= 0.3 is 51.4 Å². The van der Waals surface area contributed by atoms with E-state index in [0.717, 1.165) is 12.0 Å². The molecule has 2 rings (SSSR count). The average Bonchev–Trinajstić information content (AvgIpc) is 2.71. The van der Waals surface area contributed by atoms with E-state index in [1.807, 2.05) is 12.1 Å². The Morgan fingerprint density at radius 3 is 2.55 bits per heavy atom. The quantitative estimate of drug-likeness (QED) is 0.398. The van der Waals surface area contributed by atoms with Crippen LogP contribution in [0, 0.1) is 12.2 Å². The molecule has 0 aliphatic heterocycles. The molecule has 0 spiro atoms. The summed E-state index contributed by atoms with van der Waals surface area (Å²) in [6.45, 7) is 0. The van der Waals surface area contributed by atoms with Gasteiger partial charge in [0.1, 0.15) is 5.82 Å². The van der Waals surface area contributed by atoms with Crippen molar-refractivity contribution in [3.63, 3.8) is 0 Å². The molecule has 0 nitrogen and oxygen atoms in total. The van der Waals surface area contributed by atoms with Crippen molar-refractivity contribution in [1.29, 1.82) is 0 Å². The molecule has 1 saturated carbocycles. The van der Waals surface area contributed by atoms with E-state index in [2.05, 4.69) is 6.42 Å². The van der Waals surface area contributed by atoms with E-state index in [4.69, 9.17) is 0 Å². The van der Waals surface area contributed by atoms with Crippen molar-refractivity contribution in [2.75, 3.05) is 0 Å². The molecule has 11 heavy (non-hydrogen) atoms. The SMILES string of the molecule is Fc1ccccc1[C@@H]1[CH-]C1.[K+]. The molecule has 0 saturated heterocycles. The van der Waals surface area contributed by atoms with Crippen LogP contribution >= 0.6 is 0 Å². The van der Waals surface area contributed by atoms with Crippen molar-refractivity contribution in [3.8, 4) is 0 Å². The predicted octanol–water partition coefficient (Wildman–Crippen LogP) is -0.479. The third kappa shape index (κ3) is 2.36. The normalized spacial score (nSPS) is 20.6. The molecule has 1 aliphatic carbocycles. The Morgan fingerprint density at radius 2 is 2.00 bits per heavy atom. The van der Waals surface area contributed by atoms with Crippen LogP contribution in [0.25, 0.3) is 0 Å². The fourth-order valence-electron chi connectivity index (χ4n) is 1.10. The van der Waals surface area contributed by atoms with E-state index in [-0.39, 0.29) is 57.2 Å². The van der Waals surface area contributed by atoms with Gasteiger partial charge in [0.05, 0.1) is 0 Å². The van der Waals surface area contributed by atoms with Crippen molar-refractivity contribution in [2.45, 2.75) is 12.3 Å². The van der Waals surface area contributed by atoms with Gasteiger partial charge in [0.2, 0.25) is 0 Å². The first-order valence-corrected chi connectivity index (χ1v) is 3.45. The van der Waals surface area contributed by atoms with Gasteiger partial charge in [-0.05, 0) is 11.6 Å². The molecule has 1 fully saturated rings. The monoisotopic (exact) mass is 174 g/mol. The fourth-order valence-corrected chi connectivity index (χ4v) is 1.10. The van der Waals surface area contributed by atoms with Gasteiger partial charge in [-0.1, -0.05) is 18.2 Å². The molecule has 1 atom stereocenters. The summed E-state index contributed by atoms with van der Waals surface area (Å²) in [6.07, 6.45) is 3.15. The number of halogens is 1. The first kappa shape index (κ1) is 9.87. The second-order valence-electron chi connectivity index (χ2n) is 2.60. The minimum absolute atomic E-state index is 0. The Labute approximate surface area is 109 Å². The van der Waals surface area contributed by atoms with E-state index in [1.165, 1.54) is 6.07 Å². The maximum atomic E-state index is 12.9. The maximum absolute atomic E-state index is 12.9. The zero-order valence-electron chi connectivity index (χ0n) is 6.55. The van der Waals surface area contributed by atoms with Crippen LogP contribution in [0.5, 0.6) is 0 Å². The molecule has 1 aromatic rings. The first-order valence-electron chi connectivity index (χ1n) is 3.45. The van der Waals surface area contributed by atoms with E-state index in [0.29, 0.717) is 5.92 Å². The van der Waals surface area contributed by atoms with Gasteiger partial charge in [0.25, 0.3) is 0 Å². The van der Waals surface area contributed by atoms with E-state index in [1.54, 1.807) is 6.07 Å². The van der Waals surface area contributed by atoms with Crippen LogP contribution in [0.2, 0.25) is 0 Å². The van der Waals surface area contributed by atoms with Crippen molar-refractivity contribution in [1.82, 2.24) is 0 Å². The molecule has 0 radical (unpaired) electrons. The summed E-state index contributed by atoms with van der Waals surface area (Å²) in [7, 11) is 0. The number of benzene rings is 1. The molecular weight excluding hydrogens is 166 g/mol. The summed E-state index contributed by atoms with van der Waals surface area (Å²) in [5, 5.41) is 0. The molecular formula is C9H8FK. The number of hydrogen-bond acceptors (Lipinski definition) is 0. The van der Waals surface area contributed by atoms with E-state index < -0.39 is 0 Å². The van der Waals surface area contributed by atoms with Gasteiger partial charge < -0.3 is 6.42 Å².